The summed E-state index contributed by atoms with van der Waals surface area (Å²) in [7, 11) is -3.05. The van der Waals surface area contributed by atoms with Gasteiger partial charge in [0.05, 0.1) is 11.9 Å². The smallest absolute Gasteiger partial charge is 0.150 e. The molecule has 0 amide bonds. The van der Waals surface area contributed by atoms with Gasteiger partial charge in [0, 0.05) is 16.8 Å². The fourth-order valence-corrected chi connectivity index (χ4v) is 1.85. The quantitative estimate of drug-likeness (QED) is 0.892. The molecule has 6 heteroatoms. The van der Waals surface area contributed by atoms with Gasteiger partial charge in [-0.25, -0.2) is 8.42 Å². The van der Waals surface area contributed by atoms with Crippen LogP contribution >= 0.6 is 11.6 Å². The van der Waals surface area contributed by atoms with E-state index < -0.39 is 15.9 Å². The number of ether oxygens (including phenoxy) is 1. The van der Waals surface area contributed by atoms with Crippen molar-refractivity contribution in [3.05, 3.63) is 28.8 Å². The SMILES string of the molecule is C[C@@H](O)c1cc(Cl)ccc1OCCS(C)(=O)=O. The molecule has 4 nitrogen and oxygen atoms in total. The van der Waals surface area contributed by atoms with Crippen LogP contribution in [0.1, 0.15) is 18.6 Å². The molecule has 0 aliphatic rings. The number of hydrogen-bond acceptors (Lipinski definition) is 4. The third kappa shape index (κ3) is 4.93. The van der Waals surface area contributed by atoms with Gasteiger partial charge in [0.25, 0.3) is 0 Å². The molecule has 1 N–H and O–H groups in total. The average molecular weight is 279 g/mol. The van der Waals surface area contributed by atoms with Crippen molar-refractivity contribution in [1.82, 2.24) is 0 Å². The zero-order chi connectivity index (χ0) is 13.1. The highest BCUT2D eigenvalue weighted by Crippen LogP contribution is 2.28. The maximum Gasteiger partial charge on any atom is 0.150 e. The van der Waals surface area contributed by atoms with E-state index in [0.29, 0.717) is 16.3 Å². The van der Waals surface area contributed by atoms with E-state index in [1.165, 1.54) is 0 Å². The second-order valence-corrected chi connectivity index (χ2v) is 6.53. The molecule has 0 unspecified atom stereocenters. The molecule has 0 fully saturated rings. The normalized spacial score (nSPS) is 13.4. The molecule has 17 heavy (non-hydrogen) atoms. The first-order valence-corrected chi connectivity index (χ1v) is 7.51. The number of rotatable bonds is 5. The molecule has 0 heterocycles. The Bertz CT molecular complexity index is 482. The van der Waals surface area contributed by atoms with Gasteiger partial charge < -0.3 is 9.84 Å². The second kappa shape index (κ2) is 5.71. The molecule has 1 aromatic rings. The molecule has 0 aliphatic heterocycles. The Hall–Kier alpha value is -0.780. The van der Waals surface area contributed by atoms with Crippen LogP contribution in [-0.2, 0) is 9.84 Å². The van der Waals surface area contributed by atoms with Gasteiger partial charge in [-0.1, -0.05) is 11.6 Å². The Morgan fingerprint density at radius 2 is 2.12 bits per heavy atom. The van der Waals surface area contributed by atoms with Crippen molar-refractivity contribution in [2.24, 2.45) is 0 Å². The number of benzene rings is 1. The van der Waals surface area contributed by atoms with Crippen LogP contribution < -0.4 is 4.74 Å². The van der Waals surface area contributed by atoms with E-state index in [2.05, 4.69) is 0 Å². The summed E-state index contributed by atoms with van der Waals surface area (Å²) in [4.78, 5) is 0. The van der Waals surface area contributed by atoms with Crippen molar-refractivity contribution in [2.75, 3.05) is 18.6 Å². The molecule has 1 atom stereocenters. The van der Waals surface area contributed by atoms with Crippen molar-refractivity contribution in [3.63, 3.8) is 0 Å². The van der Waals surface area contributed by atoms with E-state index >= 15 is 0 Å². The van der Waals surface area contributed by atoms with Crippen LogP contribution in [0.5, 0.6) is 5.75 Å². The number of aliphatic hydroxyl groups is 1. The number of halogens is 1. The summed E-state index contributed by atoms with van der Waals surface area (Å²) in [5, 5.41) is 10.0. The number of aliphatic hydroxyl groups excluding tert-OH is 1. The highest BCUT2D eigenvalue weighted by molar-refractivity contribution is 7.90. The molecule has 96 valence electrons. The fraction of sp³-hybridized carbons (Fsp3) is 0.455. The molecule has 0 saturated carbocycles. The van der Waals surface area contributed by atoms with Gasteiger partial charge in [-0.3, -0.25) is 0 Å². The van der Waals surface area contributed by atoms with Crippen LogP contribution in [0.15, 0.2) is 18.2 Å². The largest absolute Gasteiger partial charge is 0.492 e. The van der Waals surface area contributed by atoms with Gasteiger partial charge in [-0.05, 0) is 25.1 Å². The lowest BCUT2D eigenvalue weighted by atomic mass is 10.1. The van der Waals surface area contributed by atoms with Crippen LogP contribution in [-0.4, -0.2) is 32.1 Å². The van der Waals surface area contributed by atoms with Crippen molar-refractivity contribution in [1.29, 1.82) is 0 Å². The standard InChI is InChI=1S/C11H15ClO4S/c1-8(13)10-7-9(12)3-4-11(10)16-5-6-17(2,14)15/h3-4,7-8,13H,5-6H2,1-2H3/t8-/m1/s1. The van der Waals surface area contributed by atoms with Gasteiger partial charge in [0.2, 0.25) is 0 Å². The second-order valence-electron chi connectivity index (χ2n) is 3.84. The Morgan fingerprint density at radius 1 is 1.47 bits per heavy atom. The lowest BCUT2D eigenvalue weighted by Crippen LogP contribution is -2.13. The van der Waals surface area contributed by atoms with Gasteiger partial charge in [-0.2, -0.15) is 0 Å². The molecule has 0 saturated heterocycles. The summed E-state index contributed by atoms with van der Waals surface area (Å²) >= 11 is 5.80. The van der Waals surface area contributed by atoms with E-state index in [1.54, 1.807) is 25.1 Å². The van der Waals surface area contributed by atoms with Crippen molar-refractivity contribution < 1.29 is 18.3 Å². The Labute approximate surface area is 106 Å². The van der Waals surface area contributed by atoms with Crippen molar-refractivity contribution in [3.8, 4) is 5.75 Å². The summed E-state index contributed by atoms with van der Waals surface area (Å²) in [5.74, 6) is 0.391. The molecule has 0 aliphatic carbocycles. The topological polar surface area (TPSA) is 63.6 Å². The highest BCUT2D eigenvalue weighted by atomic mass is 35.5. The number of sulfone groups is 1. The van der Waals surface area contributed by atoms with Crippen LogP contribution in [0.25, 0.3) is 0 Å². The van der Waals surface area contributed by atoms with Crippen LogP contribution in [0, 0.1) is 0 Å². The maximum atomic E-state index is 10.9. The summed E-state index contributed by atoms with van der Waals surface area (Å²) in [6.07, 6.45) is 0.426. The minimum absolute atomic E-state index is 0.0557. The van der Waals surface area contributed by atoms with Crippen LogP contribution in [0.3, 0.4) is 0 Å². The molecule has 1 aromatic carbocycles. The molecule has 0 bridgehead atoms. The summed E-state index contributed by atoms with van der Waals surface area (Å²) in [6, 6.07) is 4.85. The Balaban J connectivity index is 2.77. The Morgan fingerprint density at radius 3 is 2.65 bits per heavy atom. The molecule has 0 aromatic heterocycles. The molecule has 0 radical (unpaired) electrons. The summed E-state index contributed by atoms with van der Waals surface area (Å²) < 4.78 is 27.2. The summed E-state index contributed by atoms with van der Waals surface area (Å²) in [6.45, 7) is 1.65. The fourth-order valence-electron chi connectivity index (χ4n) is 1.28. The monoisotopic (exact) mass is 278 g/mol. The molecular formula is C11H15ClO4S. The van der Waals surface area contributed by atoms with Crippen molar-refractivity contribution in [2.45, 2.75) is 13.0 Å². The maximum absolute atomic E-state index is 10.9. The molecule has 1 rings (SSSR count). The third-order valence-electron chi connectivity index (χ3n) is 2.13. The minimum atomic E-state index is -3.05. The first kappa shape index (κ1) is 14.3. The van der Waals surface area contributed by atoms with Gasteiger partial charge >= 0.3 is 0 Å². The van der Waals surface area contributed by atoms with E-state index in [1.807, 2.05) is 0 Å². The zero-order valence-electron chi connectivity index (χ0n) is 9.68. The van der Waals surface area contributed by atoms with Gasteiger partial charge in [0.15, 0.2) is 9.84 Å². The van der Waals surface area contributed by atoms with E-state index in [9.17, 15) is 13.5 Å². The minimum Gasteiger partial charge on any atom is -0.492 e. The lowest BCUT2D eigenvalue weighted by molar-refractivity contribution is 0.192. The predicted octanol–water partition coefficient (Wildman–Crippen LogP) is 1.82. The van der Waals surface area contributed by atoms with E-state index in [4.69, 9.17) is 16.3 Å². The third-order valence-corrected chi connectivity index (χ3v) is 3.28. The summed E-state index contributed by atoms with van der Waals surface area (Å²) in [5.41, 5.74) is 0.547. The average Bonchev–Trinajstić information content (AvgIpc) is 2.18. The Kier molecular flexibility index (Phi) is 4.80. The zero-order valence-corrected chi connectivity index (χ0v) is 11.3. The highest BCUT2D eigenvalue weighted by Gasteiger charge is 2.11. The van der Waals surface area contributed by atoms with Crippen LogP contribution in [0.2, 0.25) is 5.02 Å². The van der Waals surface area contributed by atoms with Gasteiger partial charge in [-0.15, -0.1) is 0 Å². The first-order chi connectivity index (χ1) is 7.79. The van der Waals surface area contributed by atoms with Crippen LogP contribution in [0.4, 0.5) is 0 Å². The van der Waals surface area contributed by atoms with E-state index in [0.717, 1.165) is 6.26 Å². The predicted molar refractivity (Wildman–Crippen MR) is 67.3 cm³/mol. The van der Waals surface area contributed by atoms with Gasteiger partial charge in [0.1, 0.15) is 12.4 Å². The van der Waals surface area contributed by atoms with Crippen molar-refractivity contribution >= 4 is 21.4 Å². The van der Waals surface area contributed by atoms with E-state index in [-0.39, 0.29) is 12.4 Å². The number of hydrogen-bond donors (Lipinski definition) is 1. The lowest BCUT2D eigenvalue weighted by Gasteiger charge is -2.13. The molecule has 0 spiro atoms. The molecular weight excluding hydrogens is 264 g/mol. The first-order valence-electron chi connectivity index (χ1n) is 5.07.